The van der Waals surface area contributed by atoms with Crippen molar-refractivity contribution in [2.24, 2.45) is 0 Å². The third kappa shape index (κ3) is 3.73. The summed E-state index contributed by atoms with van der Waals surface area (Å²) in [4.78, 5) is 0. The molecular weight excluding hydrogens is 391 g/mol. The summed E-state index contributed by atoms with van der Waals surface area (Å²) in [5, 5.41) is 13.0. The molecule has 0 amide bonds. The summed E-state index contributed by atoms with van der Waals surface area (Å²) < 4.78 is 1.87. The Kier molecular flexibility index (Phi) is 4.87. The highest BCUT2D eigenvalue weighted by molar-refractivity contribution is 9.10. The highest BCUT2D eigenvalue weighted by Crippen LogP contribution is 2.24. The van der Waals surface area contributed by atoms with Crippen molar-refractivity contribution < 1.29 is 0 Å². The van der Waals surface area contributed by atoms with Crippen molar-refractivity contribution in [3.8, 4) is 6.07 Å². The first-order valence-corrected chi connectivity index (χ1v) is 7.44. The fourth-order valence-electron chi connectivity index (χ4n) is 1.63. The van der Waals surface area contributed by atoms with Crippen LogP contribution < -0.4 is 5.32 Å². The van der Waals surface area contributed by atoms with Gasteiger partial charge in [-0.3, -0.25) is 0 Å². The highest BCUT2D eigenvalue weighted by Gasteiger charge is 2.05. The van der Waals surface area contributed by atoms with E-state index in [0.717, 1.165) is 20.2 Å². The zero-order chi connectivity index (χ0) is 13.8. The summed E-state index contributed by atoms with van der Waals surface area (Å²) in [6.07, 6.45) is 0. The number of hydrogen-bond donors (Lipinski definition) is 1. The molecule has 2 aromatic rings. The molecular formula is C14H9Br2ClN2. The van der Waals surface area contributed by atoms with Gasteiger partial charge in [0.05, 0.1) is 11.3 Å². The number of nitriles is 1. The molecule has 0 saturated heterocycles. The molecule has 0 bridgehead atoms. The van der Waals surface area contributed by atoms with Gasteiger partial charge in [-0.05, 0) is 42.0 Å². The Morgan fingerprint density at radius 3 is 2.68 bits per heavy atom. The number of anilines is 1. The van der Waals surface area contributed by atoms with Gasteiger partial charge in [0.25, 0.3) is 0 Å². The molecule has 0 aliphatic carbocycles. The molecule has 2 nitrogen and oxygen atoms in total. The normalized spacial score (nSPS) is 10.0. The molecule has 0 unspecified atom stereocenters. The van der Waals surface area contributed by atoms with Crippen LogP contribution in [0.5, 0.6) is 0 Å². The summed E-state index contributed by atoms with van der Waals surface area (Å²) in [6, 6.07) is 13.4. The molecule has 0 atom stereocenters. The van der Waals surface area contributed by atoms with Gasteiger partial charge in [0.15, 0.2) is 0 Å². The average molecular weight is 401 g/mol. The van der Waals surface area contributed by atoms with Gasteiger partial charge in [-0.1, -0.05) is 43.5 Å². The zero-order valence-corrected chi connectivity index (χ0v) is 13.7. The van der Waals surface area contributed by atoms with Crippen molar-refractivity contribution in [2.75, 3.05) is 5.32 Å². The van der Waals surface area contributed by atoms with Crippen molar-refractivity contribution in [3.63, 3.8) is 0 Å². The maximum absolute atomic E-state index is 9.10. The predicted octanol–water partition coefficient (Wildman–Crippen LogP) is 5.35. The number of nitrogens with one attached hydrogen (secondary N) is 1. The molecule has 96 valence electrons. The maximum atomic E-state index is 9.10. The Hall–Kier alpha value is -1.02. The topological polar surface area (TPSA) is 35.8 Å². The van der Waals surface area contributed by atoms with E-state index >= 15 is 0 Å². The minimum atomic E-state index is 0.595. The summed E-state index contributed by atoms with van der Waals surface area (Å²) >= 11 is 12.8. The Bertz CT molecular complexity index is 650. The Morgan fingerprint density at radius 1 is 1.16 bits per heavy atom. The van der Waals surface area contributed by atoms with Crippen LogP contribution in [0.25, 0.3) is 0 Å². The largest absolute Gasteiger partial charge is 0.380 e. The lowest BCUT2D eigenvalue weighted by atomic mass is 10.1. The van der Waals surface area contributed by atoms with E-state index in [1.54, 1.807) is 6.07 Å². The van der Waals surface area contributed by atoms with Crippen molar-refractivity contribution in [2.45, 2.75) is 6.54 Å². The van der Waals surface area contributed by atoms with Crippen LogP contribution in [0.4, 0.5) is 5.69 Å². The Balaban J connectivity index is 2.19. The predicted molar refractivity (Wildman–Crippen MR) is 85.3 cm³/mol. The van der Waals surface area contributed by atoms with Gasteiger partial charge in [-0.15, -0.1) is 0 Å². The molecule has 0 spiro atoms. The van der Waals surface area contributed by atoms with Gasteiger partial charge >= 0.3 is 0 Å². The maximum Gasteiger partial charge on any atom is 0.101 e. The minimum absolute atomic E-state index is 0.595. The van der Waals surface area contributed by atoms with E-state index < -0.39 is 0 Å². The van der Waals surface area contributed by atoms with Gasteiger partial charge in [0.2, 0.25) is 0 Å². The molecule has 19 heavy (non-hydrogen) atoms. The third-order valence-electron chi connectivity index (χ3n) is 2.58. The SMILES string of the molecule is N#Cc1cc(Br)ccc1NCc1cc(Cl)ccc1Br. The van der Waals surface area contributed by atoms with Crippen LogP contribution in [0.15, 0.2) is 45.3 Å². The summed E-state index contributed by atoms with van der Waals surface area (Å²) in [5.41, 5.74) is 2.45. The van der Waals surface area contributed by atoms with Crippen molar-refractivity contribution in [1.82, 2.24) is 0 Å². The lowest BCUT2D eigenvalue weighted by Gasteiger charge is -2.10. The molecule has 2 rings (SSSR count). The lowest BCUT2D eigenvalue weighted by molar-refractivity contribution is 1.13. The molecule has 5 heteroatoms. The molecule has 2 aromatic carbocycles. The zero-order valence-electron chi connectivity index (χ0n) is 9.75. The van der Waals surface area contributed by atoms with Crippen LogP contribution in [-0.2, 0) is 6.54 Å². The van der Waals surface area contributed by atoms with Crippen LogP contribution >= 0.6 is 43.5 Å². The number of hydrogen-bond acceptors (Lipinski definition) is 2. The second kappa shape index (κ2) is 6.42. The van der Waals surface area contributed by atoms with E-state index in [1.165, 1.54) is 0 Å². The minimum Gasteiger partial charge on any atom is -0.380 e. The van der Waals surface area contributed by atoms with E-state index in [2.05, 4.69) is 43.2 Å². The second-order valence-corrected chi connectivity index (χ2v) is 6.10. The highest BCUT2D eigenvalue weighted by atomic mass is 79.9. The van der Waals surface area contributed by atoms with E-state index in [1.807, 2.05) is 30.3 Å². The van der Waals surface area contributed by atoms with E-state index in [0.29, 0.717) is 17.1 Å². The monoisotopic (exact) mass is 398 g/mol. The average Bonchev–Trinajstić information content (AvgIpc) is 2.40. The Morgan fingerprint density at radius 2 is 1.95 bits per heavy atom. The van der Waals surface area contributed by atoms with E-state index in [4.69, 9.17) is 16.9 Å². The fraction of sp³-hybridized carbons (Fsp3) is 0.0714. The number of nitrogens with zero attached hydrogens (tertiary/aromatic N) is 1. The smallest absolute Gasteiger partial charge is 0.101 e. The van der Waals surface area contributed by atoms with Gasteiger partial charge < -0.3 is 5.32 Å². The molecule has 1 N–H and O–H groups in total. The van der Waals surface area contributed by atoms with Crippen molar-refractivity contribution in [1.29, 1.82) is 5.26 Å². The van der Waals surface area contributed by atoms with Crippen molar-refractivity contribution >= 4 is 49.1 Å². The first kappa shape index (κ1) is 14.4. The fourth-order valence-corrected chi connectivity index (χ4v) is 2.57. The summed E-state index contributed by atoms with van der Waals surface area (Å²) in [6.45, 7) is 0.595. The lowest BCUT2D eigenvalue weighted by Crippen LogP contribution is -2.02. The van der Waals surface area contributed by atoms with Crippen LogP contribution in [0.1, 0.15) is 11.1 Å². The van der Waals surface area contributed by atoms with Gasteiger partial charge in [0.1, 0.15) is 6.07 Å². The van der Waals surface area contributed by atoms with E-state index in [-0.39, 0.29) is 0 Å². The van der Waals surface area contributed by atoms with Gasteiger partial charge in [0, 0.05) is 20.5 Å². The standard InChI is InChI=1S/C14H9Br2ClN2/c15-11-1-4-14(9(5-11)7-18)19-8-10-6-12(17)2-3-13(10)16/h1-6,19H,8H2. The second-order valence-electron chi connectivity index (χ2n) is 3.89. The molecule has 0 radical (unpaired) electrons. The van der Waals surface area contributed by atoms with Crippen LogP contribution in [0, 0.1) is 11.3 Å². The Labute approximate surface area is 133 Å². The number of halogens is 3. The van der Waals surface area contributed by atoms with Crippen molar-refractivity contribution in [3.05, 3.63) is 61.5 Å². The quantitative estimate of drug-likeness (QED) is 0.754. The molecule has 0 aliphatic heterocycles. The van der Waals surface area contributed by atoms with Crippen LogP contribution in [0.3, 0.4) is 0 Å². The van der Waals surface area contributed by atoms with E-state index in [9.17, 15) is 0 Å². The first-order valence-electron chi connectivity index (χ1n) is 5.47. The third-order valence-corrected chi connectivity index (χ3v) is 4.08. The number of rotatable bonds is 3. The van der Waals surface area contributed by atoms with Gasteiger partial charge in [-0.2, -0.15) is 5.26 Å². The van der Waals surface area contributed by atoms with Gasteiger partial charge in [-0.25, -0.2) is 0 Å². The summed E-state index contributed by atoms with van der Waals surface area (Å²) in [7, 11) is 0. The van der Waals surface area contributed by atoms with Crippen LogP contribution in [-0.4, -0.2) is 0 Å². The molecule has 0 aromatic heterocycles. The molecule has 0 fully saturated rings. The molecule has 0 aliphatic rings. The first-order chi connectivity index (χ1) is 9.10. The molecule has 0 heterocycles. The van der Waals surface area contributed by atoms with Crippen LogP contribution in [0.2, 0.25) is 5.02 Å². The summed E-state index contributed by atoms with van der Waals surface area (Å²) in [5.74, 6) is 0. The number of benzene rings is 2. The molecule has 0 saturated carbocycles.